The quantitative estimate of drug-likeness (QED) is 0.183. The topological polar surface area (TPSA) is 100 Å². The molecule has 0 aliphatic heterocycles. The van der Waals surface area contributed by atoms with Crippen LogP contribution in [0.4, 0.5) is 16.2 Å². The number of hydrogen-bond donors (Lipinski definition) is 3. The Morgan fingerprint density at radius 1 is 0.951 bits per heavy atom. The lowest BCUT2D eigenvalue weighted by Gasteiger charge is -2.16. The predicted molar refractivity (Wildman–Crippen MR) is 159 cm³/mol. The zero-order valence-electron chi connectivity index (χ0n) is 22.8. The van der Waals surface area contributed by atoms with E-state index in [0.717, 1.165) is 33.8 Å². The molecule has 214 valence electrons. The fraction of sp³-hybridized carbons (Fsp3) is 0.226. The highest BCUT2D eigenvalue weighted by Crippen LogP contribution is 2.23. The van der Waals surface area contributed by atoms with Crippen molar-refractivity contribution in [2.24, 2.45) is 0 Å². The summed E-state index contributed by atoms with van der Waals surface area (Å²) in [4.78, 5) is 37.5. The van der Waals surface area contributed by atoms with Crippen molar-refractivity contribution in [2.75, 3.05) is 10.6 Å². The van der Waals surface area contributed by atoms with E-state index < -0.39 is 12.3 Å². The molecule has 1 heterocycles. The van der Waals surface area contributed by atoms with Gasteiger partial charge in [0.2, 0.25) is 5.91 Å². The number of amides is 3. The molecule has 3 amide bonds. The molecular formula is C31H32BrClN4O4. The van der Waals surface area contributed by atoms with Gasteiger partial charge in [0.1, 0.15) is 12.1 Å². The number of halogens is 2. The highest BCUT2D eigenvalue weighted by atomic mass is 79.9. The summed E-state index contributed by atoms with van der Waals surface area (Å²) in [6, 6.07) is 22.5. The monoisotopic (exact) mass is 638 g/mol. The number of pyridine rings is 1. The van der Waals surface area contributed by atoms with E-state index in [9.17, 15) is 14.4 Å². The Bertz CT molecular complexity index is 1510. The first-order chi connectivity index (χ1) is 19.3. The van der Waals surface area contributed by atoms with Crippen molar-refractivity contribution in [1.29, 1.82) is 0 Å². The molecule has 0 aliphatic rings. The van der Waals surface area contributed by atoms with E-state index in [1.54, 1.807) is 19.1 Å². The molecule has 0 radical (unpaired) electrons. The summed E-state index contributed by atoms with van der Waals surface area (Å²) in [5.74, 6) is -0.436. The first kappa shape index (κ1) is 31.6. The van der Waals surface area contributed by atoms with Gasteiger partial charge in [-0.1, -0.05) is 55.5 Å². The van der Waals surface area contributed by atoms with Gasteiger partial charge >= 0.3 is 6.09 Å². The van der Waals surface area contributed by atoms with E-state index in [4.69, 9.17) is 4.74 Å². The molecule has 8 nitrogen and oxygen atoms in total. The first-order valence-corrected chi connectivity index (χ1v) is 13.9. The molecule has 4 rings (SSSR count). The normalized spacial score (nSPS) is 11.2. The third-order valence-electron chi connectivity index (χ3n) is 6.16. The van der Waals surface area contributed by atoms with E-state index in [0.29, 0.717) is 23.4 Å². The number of carbonyl (C=O) groups is 3. The second-order valence-corrected chi connectivity index (χ2v) is 10.3. The molecule has 3 N–H and O–H groups in total. The van der Waals surface area contributed by atoms with Gasteiger partial charge in [0, 0.05) is 23.9 Å². The summed E-state index contributed by atoms with van der Waals surface area (Å²) in [5, 5.41) is 10.2. The SMILES string of the molecule is CCC[n+]1cc(Br)cc(C(=O)Nc2ccc(CCC(=O)NC(C)OC(=O)Nc3cccc4ccccc34)cc2)c1.[Cl-]. The maximum Gasteiger partial charge on any atom is 0.413 e. The van der Waals surface area contributed by atoms with Crippen LogP contribution in [0.25, 0.3) is 10.8 Å². The molecule has 10 heteroatoms. The van der Waals surface area contributed by atoms with Gasteiger partial charge in [0.05, 0.1) is 10.2 Å². The Labute approximate surface area is 254 Å². The summed E-state index contributed by atoms with van der Waals surface area (Å²) in [7, 11) is 0. The molecule has 0 fully saturated rings. The highest BCUT2D eigenvalue weighted by molar-refractivity contribution is 9.10. The second-order valence-electron chi connectivity index (χ2n) is 9.40. The van der Waals surface area contributed by atoms with Crippen molar-refractivity contribution in [3.63, 3.8) is 0 Å². The number of aryl methyl sites for hydroxylation is 2. The minimum atomic E-state index is -0.797. The Kier molecular flexibility index (Phi) is 11.7. The van der Waals surface area contributed by atoms with Crippen molar-refractivity contribution in [3.05, 3.63) is 101 Å². The zero-order valence-corrected chi connectivity index (χ0v) is 25.2. The van der Waals surface area contributed by atoms with Crippen LogP contribution < -0.4 is 32.9 Å². The van der Waals surface area contributed by atoms with Crippen molar-refractivity contribution in [3.8, 4) is 0 Å². The molecule has 0 spiro atoms. The summed E-state index contributed by atoms with van der Waals surface area (Å²) >= 11 is 3.46. The number of hydrogen-bond acceptors (Lipinski definition) is 4. The van der Waals surface area contributed by atoms with Crippen LogP contribution in [0.2, 0.25) is 0 Å². The Hall–Kier alpha value is -3.95. The number of benzene rings is 3. The molecule has 1 unspecified atom stereocenters. The average Bonchev–Trinajstić information content (AvgIpc) is 2.92. The predicted octanol–water partition coefficient (Wildman–Crippen LogP) is 3.20. The maximum atomic E-state index is 12.7. The second kappa shape index (κ2) is 15.2. The fourth-order valence-electron chi connectivity index (χ4n) is 4.29. The number of fused-ring (bicyclic) bond motifs is 1. The van der Waals surface area contributed by atoms with Gasteiger partial charge in [-0.05, 0) is 64.5 Å². The van der Waals surface area contributed by atoms with Gasteiger partial charge in [-0.3, -0.25) is 14.9 Å². The molecule has 4 aromatic rings. The molecule has 3 aromatic carbocycles. The third-order valence-corrected chi connectivity index (χ3v) is 6.59. The van der Waals surface area contributed by atoms with Crippen LogP contribution in [-0.4, -0.2) is 24.1 Å². The largest absolute Gasteiger partial charge is 1.00 e. The van der Waals surface area contributed by atoms with E-state index in [1.165, 1.54) is 0 Å². The van der Waals surface area contributed by atoms with Crippen LogP contribution in [0.5, 0.6) is 0 Å². The lowest BCUT2D eigenvalue weighted by atomic mass is 10.1. The maximum absolute atomic E-state index is 12.7. The van der Waals surface area contributed by atoms with Gasteiger partial charge in [0.15, 0.2) is 18.6 Å². The minimum Gasteiger partial charge on any atom is -1.00 e. The van der Waals surface area contributed by atoms with Crippen LogP contribution in [0.3, 0.4) is 0 Å². The number of rotatable bonds is 10. The lowest BCUT2D eigenvalue weighted by molar-refractivity contribution is -0.697. The van der Waals surface area contributed by atoms with Gasteiger partial charge < -0.3 is 27.8 Å². The minimum absolute atomic E-state index is 0. The molecule has 0 saturated heterocycles. The van der Waals surface area contributed by atoms with Crippen LogP contribution in [-0.2, 0) is 22.5 Å². The van der Waals surface area contributed by atoms with Crippen molar-refractivity contribution < 1.29 is 36.1 Å². The van der Waals surface area contributed by atoms with Gasteiger partial charge in [0.25, 0.3) is 5.91 Å². The van der Waals surface area contributed by atoms with Gasteiger partial charge in [-0.15, -0.1) is 0 Å². The molecule has 1 aromatic heterocycles. The van der Waals surface area contributed by atoms with Crippen molar-refractivity contribution in [1.82, 2.24) is 5.32 Å². The lowest BCUT2D eigenvalue weighted by Crippen LogP contribution is -3.00. The molecule has 41 heavy (non-hydrogen) atoms. The summed E-state index contributed by atoms with van der Waals surface area (Å²) in [6.07, 6.45) is 4.01. The van der Waals surface area contributed by atoms with Crippen LogP contribution >= 0.6 is 15.9 Å². The summed E-state index contributed by atoms with van der Waals surface area (Å²) in [6.45, 7) is 4.51. The smallest absolute Gasteiger partial charge is 0.413 e. The number of anilines is 2. The van der Waals surface area contributed by atoms with E-state index in [1.807, 2.05) is 77.6 Å². The summed E-state index contributed by atoms with van der Waals surface area (Å²) in [5.41, 5.74) is 2.81. The molecule has 0 aliphatic carbocycles. The van der Waals surface area contributed by atoms with E-state index in [2.05, 4.69) is 38.8 Å². The van der Waals surface area contributed by atoms with Crippen molar-refractivity contribution in [2.45, 2.75) is 45.9 Å². The number of carbonyl (C=O) groups excluding carboxylic acids is 3. The van der Waals surface area contributed by atoms with Crippen molar-refractivity contribution >= 4 is 56.0 Å². The van der Waals surface area contributed by atoms with Gasteiger partial charge in [-0.2, -0.15) is 0 Å². The Balaban J connectivity index is 0.00000462. The Morgan fingerprint density at radius 3 is 2.44 bits per heavy atom. The molecular weight excluding hydrogens is 608 g/mol. The Morgan fingerprint density at radius 2 is 1.68 bits per heavy atom. The number of nitrogens with one attached hydrogen (secondary N) is 3. The highest BCUT2D eigenvalue weighted by Gasteiger charge is 2.15. The zero-order chi connectivity index (χ0) is 28.5. The number of aromatic nitrogens is 1. The fourth-order valence-corrected chi connectivity index (χ4v) is 4.80. The van der Waals surface area contributed by atoms with E-state index in [-0.39, 0.29) is 30.6 Å². The van der Waals surface area contributed by atoms with Gasteiger partial charge in [-0.25, -0.2) is 9.36 Å². The number of nitrogens with zero attached hydrogens (tertiary/aromatic N) is 1. The molecule has 0 bridgehead atoms. The van der Waals surface area contributed by atoms with E-state index >= 15 is 0 Å². The average molecular weight is 640 g/mol. The molecule has 0 saturated carbocycles. The molecule has 1 atom stereocenters. The standard InChI is InChI=1S/C31H31BrN4O4.ClH/c1-3-17-36-19-24(18-25(32)20-36)30(38)34-26-14-11-22(12-15-26)13-16-29(37)33-21(2)40-31(39)35-28-10-6-8-23-7-4-5-9-27(23)28;/h4-12,14-15,18-21H,3,13,16-17H2,1-2H3,(H2-,33,34,35,37,38,39);1H. The third kappa shape index (κ3) is 9.30. The number of ether oxygens (including phenoxy) is 1. The van der Waals surface area contributed by atoms with Crippen LogP contribution in [0, 0.1) is 0 Å². The van der Waals surface area contributed by atoms with Crippen LogP contribution in [0.1, 0.15) is 42.6 Å². The summed E-state index contributed by atoms with van der Waals surface area (Å²) < 4.78 is 8.14. The first-order valence-electron chi connectivity index (χ1n) is 13.2. The van der Waals surface area contributed by atoms with Crippen LogP contribution in [0.15, 0.2) is 89.7 Å².